The lowest BCUT2D eigenvalue weighted by molar-refractivity contribution is -0.0258. The van der Waals surface area contributed by atoms with Gasteiger partial charge in [0.05, 0.1) is 23.0 Å². The SMILES string of the molecule is Cc1cc(N2C[C@H](C)O[C@H](C)C2C)c(C)cc1NCCCCCNS(=O)(=O)C(C)(C)C. The summed E-state index contributed by atoms with van der Waals surface area (Å²) < 4.78 is 32.1. The van der Waals surface area contributed by atoms with Gasteiger partial charge < -0.3 is 15.0 Å². The highest BCUT2D eigenvalue weighted by atomic mass is 32.2. The summed E-state index contributed by atoms with van der Waals surface area (Å²) in [6, 6.07) is 4.89. The third-order valence-corrected chi connectivity index (χ3v) is 8.39. The van der Waals surface area contributed by atoms with Crippen molar-refractivity contribution in [3.05, 3.63) is 23.3 Å². The first-order valence-electron chi connectivity index (χ1n) is 11.6. The second kappa shape index (κ2) is 10.5. The Morgan fingerprint density at radius 3 is 2.32 bits per heavy atom. The predicted octanol–water partition coefficient (Wildman–Crippen LogP) is 4.61. The molecule has 0 spiro atoms. The standard InChI is InChI=1S/C24H43N3O3S/c1-17-15-23(27-16-19(3)30-21(5)20(27)4)18(2)14-22(17)25-12-10-9-11-13-26-31(28,29)24(6,7)8/h14-15,19-21,25-26H,9-13,16H2,1-8H3/t19-,20?,21+/m0/s1. The number of hydrogen-bond acceptors (Lipinski definition) is 5. The first kappa shape index (κ1) is 25.9. The number of morpholine rings is 1. The van der Waals surface area contributed by atoms with Gasteiger partial charge in [-0.25, -0.2) is 13.1 Å². The monoisotopic (exact) mass is 453 g/mol. The van der Waals surface area contributed by atoms with Gasteiger partial charge in [0.15, 0.2) is 0 Å². The summed E-state index contributed by atoms with van der Waals surface area (Å²) in [6.45, 7) is 18.3. The minimum Gasteiger partial charge on any atom is -0.385 e. The van der Waals surface area contributed by atoms with Crippen LogP contribution in [0.25, 0.3) is 0 Å². The summed E-state index contributed by atoms with van der Waals surface area (Å²) in [6.07, 6.45) is 3.29. The van der Waals surface area contributed by atoms with Crippen LogP contribution >= 0.6 is 0 Å². The number of unbranched alkanes of at least 4 members (excludes halogenated alkanes) is 2. The second-order valence-electron chi connectivity index (χ2n) is 10.00. The molecule has 178 valence electrons. The fraction of sp³-hybridized carbons (Fsp3) is 0.750. The molecule has 0 aliphatic carbocycles. The molecule has 0 amide bonds. The molecule has 0 saturated carbocycles. The van der Waals surface area contributed by atoms with Crippen molar-refractivity contribution in [2.75, 3.05) is 29.9 Å². The van der Waals surface area contributed by atoms with E-state index in [4.69, 9.17) is 4.74 Å². The zero-order valence-corrected chi connectivity index (χ0v) is 21.5. The highest BCUT2D eigenvalue weighted by molar-refractivity contribution is 7.90. The normalized spacial score (nSPS) is 22.6. The molecule has 7 heteroatoms. The van der Waals surface area contributed by atoms with Crippen molar-refractivity contribution in [3.63, 3.8) is 0 Å². The average Bonchev–Trinajstić information content (AvgIpc) is 2.65. The first-order chi connectivity index (χ1) is 14.3. The van der Waals surface area contributed by atoms with Crippen LogP contribution in [-0.2, 0) is 14.8 Å². The van der Waals surface area contributed by atoms with Crippen LogP contribution < -0.4 is 14.9 Å². The highest BCUT2D eigenvalue weighted by Gasteiger charge is 2.30. The summed E-state index contributed by atoms with van der Waals surface area (Å²) in [5.41, 5.74) is 5.00. The van der Waals surface area contributed by atoms with E-state index in [1.807, 2.05) is 0 Å². The van der Waals surface area contributed by atoms with E-state index in [2.05, 4.69) is 61.7 Å². The maximum atomic E-state index is 12.1. The number of benzene rings is 1. The van der Waals surface area contributed by atoms with Crippen LogP contribution in [0, 0.1) is 13.8 Å². The van der Waals surface area contributed by atoms with Gasteiger partial charge in [-0.05, 0) is 91.5 Å². The maximum absolute atomic E-state index is 12.1. The number of rotatable bonds is 9. The van der Waals surface area contributed by atoms with Crippen molar-refractivity contribution in [2.45, 2.75) is 97.6 Å². The fourth-order valence-electron chi connectivity index (χ4n) is 3.91. The smallest absolute Gasteiger partial charge is 0.216 e. The molecule has 1 unspecified atom stereocenters. The average molecular weight is 454 g/mol. The van der Waals surface area contributed by atoms with Gasteiger partial charge in [-0.2, -0.15) is 0 Å². The maximum Gasteiger partial charge on any atom is 0.216 e. The van der Waals surface area contributed by atoms with E-state index in [1.54, 1.807) is 20.8 Å². The van der Waals surface area contributed by atoms with Crippen molar-refractivity contribution in [1.82, 2.24) is 4.72 Å². The lowest BCUT2D eigenvalue weighted by atomic mass is 10.0. The Hall–Kier alpha value is -1.31. The predicted molar refractivity (Wildman–Crippen MR) is 132 cm³/mol. The van der Waals surface area contributed by atoms with Gasteiger partial charge in [-0.1, -0.05) is 6.42 Å². The van der Waals surface area contributed by atoms with Crippen LogP contribution in [-0.4, -0.2) is 51.0 Å². The molecule has 1 saturated heterocycles. The molecule has 1 heterocycles. The Kier molecular flexibility index (Phi) is 8.82. The zero-order chi connectivity index (χ0) is 23.4. The molecule has 1 fully saturated rings. The van der Waals surface area contributed by atoms with E-state index >= 15 is 0 Å². The van der Waals surface area contributed by atoms with E-state index in [0.29, 0.717) is 12.6 Å². The molecule has 1 aromatic rings. The van der Waals surface area contributed by atoms with E-state index in [9.17, 15) is 8.42 Å². The Morgan fingerprint density at radius 1 is 1.03 bits per heavy atom. The van der Waals surface area contributed by atoms with Crippen LogP contribution in [0.2, 0.25) is 0 Å². The van der Waals surface area contributed by atoms with Crippen LogP contribution in [0.3, 0.4) is 0 Å². The Bertz CT molecular complexity index is 833. The topological polar surface area (TPSA) is 70.7 Å². The third-order valence-electron chi connectivity index (χ3n) is 6.19. The third kappa shape index (κ3) is 6.83. The number of nitrogens with one attached hydrogen (secondary N) is 2. The summed E-state index contributed by atoms with van der Waals surface area (Å²) in [4.78, 5) is 2.48. The highest BCUT2D eigenvalue weighted by Crippen LogP contribution is 2.32. The molecule has 1 aliphatic rings. The molecule has 1 aromatic carbocycles. The van der Waals surface area contributed by atoms with Gasteiger partial charge in [-0.3, -0.25) is 0 Å². The molecular formula is C24H43N3O3S. The van der Waals surface area contributed by atoms with Crippen molar-refractivity contribution >= 4 is 21.4 Å². The number of ether oxygens (including phenoxy) is 1. The number of aryl methyl sites for hydroxylation is 2. The van der Waals surface area contributed by atoms with Gasteiger partial charge in [0.25, 0.3) is 0 Å². The quantitative estimate of drug-likeness (QED) is 0.535. The molecule has 6 nitrogen and oxygen atoms in total. The second-order valence-corrected chi connectivity index (χ2v) is 12.5. The summed E-state index contributed by atoms with van der Waals surface area (Å²) in [5.74, 6) is 0. The van der Waals surface area contributed by atoms with Crippen molar-refractivity contribution in [2.24, 2.45) is 0 Å². The molecule has 1 aliphatic heterocycles. The Labute approximate surface area is 190 Å². The van der Waals surface area contributed by atoms with Gasteiger partial charge in [0.2, 0.25) is 10.0 Å². The zero-order valence-electron chi connectivity index (χ0n) is 20.7. The minimum atomic E-state index is -3.25. The van der Waals surface area contributed by atoms with Gasteiger partial charge >= 0.3 is 0 Å². The molecule has 0 aromatic heterocycles. The fourth-order valence-corrected chi connectivity index (χ4v) is 4.76. The number of nitrogens with zero attached hydrogens (tertiary/aromatic N) is 1. The Balaban J connectivity index is 1.84. The van der Waals surface area contributed by atoms with E-state index in [0.717, 1.165) is 32.4 Å². The molecule has 31 heavy (non-hydrogen) atoms. The van der Waals surface area contributed by atoms with E-state index < -0.39 is 14.8 Å². The minimum absolute atomic E-state index is 0.217. The van der Waals surface area contributed by atoms with Crippen LogP contribution in [0.1, 0.15) is 71.9 Å². The first-order valence-corrected chi connectivity index (χ1v) is 13.1. The Morgan fingerprint density at radius 2 is 1.68 bits per heavy atom. The van der Waals surface area contributed by atoms with Crippen LogP contribution in [0.4, 0.5) is 11.4 Å². The number of hydrogen-bond donors (Lipinski definition) is 2. The van der Waals surface area contributed by atoms with Crippen LogP contribution in [0.5, 0.6) is 0 Å². The van der Waals surface area contributed by atoms with E-state index in [-0.39, 0.29) is 12.2 Å². The summed E-state index contributed by atoms with van der Waals surface area (Å²) >= 11 is 0. The van der Waals surface area contributed by atoms with Crippen molar-refractivity contribution < 1.29 is 13.2 Å². The molecular weight excluding hydrogens is 410 g/mol. The molecule has 0 bridgehead atoms. The van der Waals surface area contributed by atoms with Gasteiger partial charge in [-0.15, -0.1) is 0 Å². The lowest BCUT2D eigenvalue weighted by Crippen LogP contribution is -2.52. The molecule has 2 rings (SSSR count). The molecule has 2 N–H and O–H groups in total. The number of anilines is 2. The molecule has 0 radical (unpaired) electrons. The lowest BCUT2D eigenvalue weighted by Gasteiger charge is -2.43. The molecule has 3 atom stereocenters. The van der Waals surface area contributed by atoms with Crippen molar-refractivity contribution in [3.8, 4) is 0 Å². The van der Waals surface area contributed by atoms with Gasteiger partial charge in [0.1, 0.15) is 0 Å². The largest absolute Gasteiger partial charge is 0.385 e. The van der Waals surface area contributed by atoms with Crippen molar-refractivity contribution in [1.29, 1.82) is 0 Å². The van der Waals surface area contributed by atoms with Crippen LogP contribution in [0.15, 0.2) is 12.1 Å². The summed E-state index contributed by atoms with van der Waals surface area (Å²) in [5, 5.41) is 3.56. The summed E-state index contributed by atoms with van der Waals surface area (Å²) in [7, 11) is -3.25. The van der Waals surface area contributed by atoms with Gasteiger partial charge in [0, 0.05) is 31.0 Å². The number of sulfonamides is 1. The van der Waals surface area contributed by atoms with E-state index in [1.165, 1.54) is 22.5 Å².